The second kappa shape index (κ2) is 3.86. The first kappa shape index (κ1) is 12.1. The van der Waals surface area contributed by atoms with E-state index in [-0.39, 0.29) is 11.2 Å². The maximum absolute atomic E-state index is 12.4. The molecule has 0 bridgehead atoms. The minimum Gasteiger partial charge on any atom is -0.480 e. The minimum atomic E-state index is -4.64. The molecule has 96 valence electrons. The molecule has 0 aliphatic heterocycles. The summed E-state index contributed by atoms with van der Waals surface area (Å²) in [7, 11) is 0. The van der Waals surface area contributed by atoms with E-state index in [9.17, 15) is 22.8 Å². The third-order valence-corrected chi connectivity index (χ3v) is 2.15. The average molecular weight is 262 g/mol. The Kier molecular flexibility index (Phi) is 2.60. The van der Waals surface area contributed by atoms with Crippen molar-refractivity contribution in [3.05, 3.63) is 28.4 Å². The molecule has 0 aliphatic rings. The highest BCUT2D eigenvalue weighted by Crippen LogP contribution is 2.30. The van der Waals surface area contributed by atoms with Crippen LogP contribution in [0.1, 0.15) is 5.56 Å². The summed E-state index contributed by atoms with van der Waals surface area (Å²) in [6, 6.07) is 0.621. The molecule has 0 fully saturated rings. The Labute approximate surface area is 96.3 Å². The van der Waals surface area contributed by atoms with Gasteiger partial charge < -0.3 is 9.52 Å². The largest absolute Gasteiger partial charge is 0.480 e. The lowest BCUT2D eigenvalue weighted by Crippen LogP contribution is -2.19. The number of aliphatic carboxylic acids is 1. The summed E-state index contributed by atoms with van der Waals surface area (Å²) in [6.07, 6.45) is -4.13. The Morgan fingerprint density at radius 1 is 1.50 bits per heavy atom. The van der Waals surface area contributed by atoms with E-state index in [1.54, 1.807) is 0 Å². The summed E-state index contributed by atoms with van der Waals surface area (Å²) < 4.78 is 42.4. The van der Waals surface area contributed by atoms with Crippen molar-refractivity contribution < 1.29 is 27.5 Å². The Balaban J connectivity index is 2.67. The maximum Gasteiger partial charge on any atom is 0.421 e. The zero-order valence-corrected chi connectivity index (χ0v) is 8.56. The SMILES string of the molecule is O=C(O)Cn1c(=O)oc2ncc(C(F)(F)F)cc21. The number of hydrogen-bond donors (Lipinski definition) is 1. The van der Waals surface area contributed by atoms with Gasteiger partial charge in [0.2, 0.25) is 5.71 Å². The molecule has 6 nitrogen and oxygen atoms in total. The van der Waals surface area contributed by atoms with E-state index in [1.165, 1.54) is 0 Å². The van der Waals surface area contributed by atoms with Crippen molar-refractivity contribution in [2.75, 3.05) is 0 Å². The maximum atomic E-state index is 12.4. The van der Waals surface area contributed by atoms with Crippen molar-refractivity contribution in [2.24, 2.45) is 0 Å². The highest BCUT2D eigenvalue weighted by molar-refractivity contribution is 5.73. The van der Waals surface area contributed by atoms with E-state index >= 15 is 0 Å². The molecule has 0 saturated carbocycles. The van der Waals surface area contributed by atoms with Crippen LogP contribution in [0.2, 0.25) is 0 Å². The van der Waals surface area contributed by atoms with Crippen LogP contribution in [0, 0.1) is 0 Å². The number of fused-ring (bicyclic) bond motifs is 1. The number of pyridine rings is 1. The molecule has 0 aliphatic carbocycles. The lowest BCUT2D eigenvalue weighted by molar-refractivity contribution is -0.138. The fourth-order valence-corrected chi connectivity index (χ4v) is 1.39. The first-order chi connectivity index (χ1) is 8.29. The molecule has 0 atom stereocenters. The first-order valence-electron chi connectivity index (χ1n) is 4.57. The van der Waals surface area contributed by atoms with E-state index in [0.29, 0.717) is 16.8 Å². The van der Waals surface area contributed by atoms with Crippen molar-refractivity contribution in [2.45, 2.75) is 12.7 Å². The van der Waals surface area contributed by atoms with Gasteiger partial charge in [0.1, 0.15) is 12.1 Å². The van der Waals surface area contributed by atoms with Crippen LogP contribution < -0.4 is 5.76 Å². The van der Waals surface area contributed by atoms with Crippen LogP contribution in [0.4, 0.5) is 13.2 Å². The van der Waals surface area contributed by atoms with Crippen molar-refractivity contribution >= 4 is 17.2 Å². The third-order valence-electron chi connectivity index (χ3n) is 2.15. The van der Waals surface area contributed by atoms with Gasteiger partial charge in [-0.3, -0.25) is 9.36 Å². The number of carboxylic acids is 1. The van der Waals surface area contributed by atoms with Crippen molar-refractivity contribution in [1.82, 2.24) is 9.55 Å². The van der Waals surface area contributed by atoms with Crippen molar-refractivity contribution in [3.63, 3.8) is 0 Å². The number of halogens is 3. The number of aromatic nitrogens is 2. The highest BCUT2D eigenvalue weighted by atomic mass is 19.4. The van der Waals surface area contributed by atoms with Gasteiger partial charge in [0.15, 0.2) is 0 Å². The molecular formula is C9H5F3N2O4. The van der Waals surface area contributed by atoms with Crippen molar-refractivity contribution in [1.29, 1.82) is 0 Å². The zero-order chi connectivity index (χ0) is 13.5. The Hall–Kier alpha value is -2.32. The fourth-order valence-electron chi connectivity index (χ4n) is 1.39. The summed E-state index contributed by atoms with van der Waals surface area (Å²) in [4.78, 5) is 25.1. The van der Waals surface area contributed by atoms with E-state index < -0.39 is 30.0 Å². The fraction of sp³-hybridized carbons (Fsp3) is 0.222. The molecule has 0 amide bonds. The van der Waals surface area contributed by atoms with Gasteiger partial charge in [-0.15, -0.1) is 0 Å². The Morgan fingerprint density at radius 3 is 2.72 bits per heavy atom. The van der Waals surface area contributed by atoms with Gasteiger partial charge in [-0.25, -0.2) is 9.78 Å². The van der Waals surface area contributed by atoms with Gasteiger partial charge in [-0.2, -0.15) is 13.2 Å². The van der Waals surface area contributed by atoms with Crippen molar-refractivity contribution in [3.8, 4) is 0 Å². The van der Waals surface area contributed by atoms with Crippen LogP contribution in [0.5, 0.6) is 0 Å². The molecule has 2 heterocycles. The highest BCUT2D eigenvalue weighted by Gasteiger charge is 2.32. The van der Waals surface area contributed by atoms with E-state index in [0.717, 1.165) is 0 Å². The second-order valence-corrected chi connectivity index (χ2v) is 3.39. The van der Waals surface area contributed by atoms with Gasteiger partial charge in [0.25, 0.3) is 0 Å². The number of hydrogen-bond acceptors (Lipinski definition) is 4. The molecule has 0 spiro atoms. The molecule has 2 aromatic rings. The Morgan fingerprint density at radius 2 is 2.17 bits per heavy atom. The van der Waals surface area contributed by atoms with E-state index in [4.69, 9.17) is 5.11 Å². The third kappa shape index (κ3) is 2.06. The van der Waals surface area contributed by atoms with Crippen LogP contribution in [0.3, 0.4) is 0 Å². The monoisotopic (exact) mass is 262 g/mol. The van der Waals surface area contributed by atoms with Gasteiger partial charge in [0.05, 0.1) is 5.56 Å². The molecule has 9 heteroatoms. The number of carboxylic acid groups (broad SMARTS) is 1. The first-order valence-corrected chi connectivity index (χ1v) is 4.57. The smallest absolute Gasteiger partial charge is 0.421 e. The minimum absolute atomic E-state index is 0.308. The normalized spacial score (nSPS) is 11.9. The number of carbonyl (C=O) groups is 1. The Bertz CT molecular complexity index is 670. The molecule has 0 aromatic carbocycles. The molecule has 2 rings (SSSR count). The number of nitrogens with zero attached hydrogens (tertiary/aromatic N) is 2. The van der Waals surface area contributed by atoms with E-state index in [1.807, 2.05) is 0 Å². The molecule has 0 radical (unpaired) electrons. The van der Waals surface area contributed by atoms with Crippen LogP contribution in [-0.4, -0.2) is 20.6 Å². The standard InChI is InChI=1S/C9H5F3N2O4/c10-9(11,12)4-1-5-7(13-2-4)18-8(17)14(5)3-6(15)16/h1-2H,3H2,(H,15,16). The molecule has 2 aromatic heterocycles. The summed E-state index contributed by atoms with van der Waals surface area (Å²) in [5.41, 5.74) is -1.73. The summed E-state index contributed by atoms with van der Waals surface area (Å²) in [5.74, 6) is -2.45. The lowest BCUT2D eigenvalue weighted by atomic mass is 10.2. The predicted molar refractivity (Wildman–Crippen MR) is 50.9 cm³/mol. The molecule has 0 saturated heterocycles. The summed E-state index contributed by atoms with van der Waals surface area (Å²) in [6.45, 7) is -0.797. The number of oxazole rings is 1. The topological polar surface area (TPSA) is 85.3 Å². The number of alkyl halides is 3. The van der Waals surface area contributed by atoms with Gasteiger partial charge in [0, 0.05) is 6.20 Å². The molecule has 18 heavy (non-hydrogen) atoms. The van der Waals surface area contributed by atoms with Gasteiger partial charge >= 0.3 is 17.9 Å². The van der Waals surface area contributed by atoms with Crippen LogP contribution in [0.15, 0.2) is 21.5 Å². The number of rotatable bonds is 2. The van der Waals surface area contributed by atoms with Crippen LogP contribution in [0.25, 0.3) is 11.2 Å². The second-order valence-electron chi connectivity index (χ2n) is 3.39. The molecule has 1 N–H and O–H groups in total. The van der Waals surface area contributed by atoms with Crippen LogP contribution >= 0.6 is 0 Å². The quantitative estimate of drug-likeness (QED) is 0.875. The molecular weight excluding hydrogens is 257 g/mol. The summed E-state index contributed by atoms with van der Waals surface area (Å²) in [5, 5.41) is 8.55. The van der Waals surface area contributed by atoms with Crippen LogP contribution in [-0.2, 0) is 17.5 Å². The van der Waals surface area contributed by atoms with E-state index in [2.05, 4.69) is 9.40 Å². The van der Waals surface area contributed by atoms with Gasteiger partial charge in [-0.1, -0.05) is 0 Å². The summed E-state index contributed by atoms with van der Waals surface area (Å²) >= 11 is 0. The average Bonchev–Trinajstić information content (AvgIpc) is 2.53. The van der Waals surface area contributed by atoms with Gasteiger partial charge in [-0.05, 0) is 6.07 Å². The predicted octanol–water partition coefficient (Wildman–Crippen LogP) is 1.09. The molecule has 0 unspecified atom stereocenters. The zero-order valence-electron chi connectivity index (χ0n) is 8.56. The lowest BCUT2D eigenvalue weighted by Gasteiger charge is -2.05.